The lowest BCUT2D eigenvalue weighted by Gasteiger charge is -2.38. The van der Waals surface area contributed by atoms with Crippen LogP contribution in [-0.4, -0.2) is 38.9 Å². The molecular formula is C29H24FN5O. The minimum absolute atomic E-state index is 0.0115. The van der Waals surface area contributed by atoms with E-state index < -0.39 is 5.82 Å². The van der Waals surface area contributed by atoms with Crippen LogP contribution in [0.3, 0.4) is 0 Å². The molecule has 4 aromatic rings. The summed E-state index contributed by atoms with van der Waals surface area (Å²) in [7, 11) is 0. The van der Waals surface area contributed by atoms with Gasteiger partial charge in [-0.1, -0.05) is 24.3 Å². The van der Waals surface area contributed by atoms with Gasteiger partial charge in [0.05, 0.1) is 11.1 Å². The number of carbonyl (C=O) groups is 1. The number of fused-ring (bicyclic) bond motifs is 3. The summed E-state index contributed by atoms with van der Waals surface area (Å²) < 4.78 is 14.6. The van der Waals surface area contributed by atoms with E-state index in [2.05, 4.69) is 9.97 Å². The second-order valence-electron chi connectivity index (χ2n) is 9.69. The van der Waals surface area contributed by atoms with E-state index >= 15 is 0 Å². The van der Waals surface area contributed by atoms with Crippen LogP contribution in [0.5, 0.6) is 0 Å². The minimum atomic E-state index is -0.591. The SMILES string of the molecule is N#Cc1ccc(-c2cc(C(=O)N3[C@@H]4CC[C@H]3CC(N)C4)ccc2-c2ccc3cncnc3c2)cc1F. The van der Waals surface area contributed by atoms with Crippen LogP contribution in [0, 0.1) is 17.1 Å². The zero-order valence-electron chi connectivity index (χ0n) is 19.6. The Morgan fingerprint density at radius 3 is 2.50 bits per heavy atom. The smallest absolute Gasteiger partial charge is 0.254 e. The number of rotatable bonds is 3. The van der Waals surface area contributed by atoms with Crippen LogP contribution >= 0.6 is 0 Å². The van der Waals surface area contributed by atoms with Crippen molar-refractivity contribution < 1.29 is 9.18 Å². The van der Waals surface area contributed by atoms with Crippen LogP contribution in [-0.2, 0) is 0 Å². The molecule has 2 bridgehead atoms. The van der Waals surface area contributed by atoms with Crippen LogP contribution < -0.4 is 5.73 Å². The number of aromatic nitrogens is 2. The van der Waals surface area contributed by atoms with Crippen molar-refractivity contribution in [3.8, 4) is 28.3 Å². The highest BCUT2D eigenvalue weighted by molar-refractivity contribution is 5.99. The number of nitriles is 1. The van der Waals surface area contributed by atoms with Gasteiger partial charge >= 0.3 is 0 Å². The second-order valence-corrected chi connectivity index (χ2v) is 9.69. The lowest BCUT2D eigenvalue weighted by Crippen LogP contribution is -2.50. The van der Waals surface area contributed by atoms with Gasteiger partial charge in [-0.05, 0) is 78.3 Å². The molecule has 178 valence electrons. The zero-order valence-corrected chi connectivity index (χ0v) is 19.6. The summed E-state index contributed by atoms with van der Waals surface area (Å²) in [6.07, 6.45) is 6.87. The monoisotopic (exact) mass is 477 g/mol. The Balaban J connectivity index is 1.47. The largest absolute Gasteiger partial charge is 0.333 e. The average Bonchev–Trinajstić information content (AvgIpc) is 3.18. The van der Waals surface area contributed by atoms with Gasteiger partial charge in [-0.25, -0.2) is 14.4 Å². The molecule has 3 atom stereocenters. The number of carbonyl (C=O) groups excluding carboxylic acids is 1. The summed E-state index contributed by atoms with van der Waals surface area (Å²) in [5.41, 5.74) is 10.6. The van der Waals surface area contributed by atoms with Crippen molar-refractivity contribution in [3.05, 3.63) is 84.1 Å². The van der Waals surface area contributed by atoms with E-state index in [0.29, 0.717) is 11.1 Å². The van der Waals surface area contributed by atoms with Crippen molar-refractivity contribution in [2.75, 3.05) is 0 Å². The quantitative estimate of drug-likeness (QED) is 0.445. The first-order chi connectivity index (χ1) is 17.5. The molecule has 1 unspecified atom stereocenters. The van der Waals surface area contributed by atoms with E-state index in [1.165, 1.54) is 18.5 Å². The van der Waals surface area contributed by atoms with E-state index in [1.807, 2.05) is 47.4 Å². The molecule has 2 fully saturated rings. The molecule has 2 aliphatic heterocycles. The van der Waals surface area contributed by atoms with Gasteiger partial charge < -0.3 is 10.6 Å². The molecule has 0 saturated carbocycles. The maximum Gasteiger partial charge on any atom is 0.254 e. The Morgan fingerprint density at radius 2 is 1.75 bits per heavy atom. The first-order valence-corrected chi connectivity index (χ1v) is 12.1. The Labute approximate surface area is 208 Å². The van der Waals surface area contributed by atoms with Crippen LogP contribution in [0.2, 0.25) is 0 Å². The fraction of sp³-hybridized carbons (Fsp3) is 0.241. The molecule has 3 heterocycles. The van der Waals surface area contributed by atoms with Crippen molar-refractivity contribution in [2.45, 2.75) is 43.8 Å². The first kappa shape index (κ1) is 22.3. The van der Waals surface area contributed by atoms with E-state index in [0.717, 1.165) is 53.3 Å². The third kappa shape index (κ3) is 3.80. The van der Waals surface area contributed by atoms with Crippen LogP contribution in [0.1, 0.15) is 41.6 Å². The second kappa shape index (κ2) is 8.81. The van der Waals surface area contributed by atoms with Gasteiger partial charge in [0.25, 0.3) is 5.91 Å². The molecule has 6 nitrogen and oxygen atoms in total. The fourth-order valence-corrected chi connectivity index (χ4v) is 5.78. The molecule has 36 heavy (non-hydrogen) atoms. The van der Waals surface area contributed by atoms with E-state index in [-0.39, 0.29) is 29.6 Å². The molecule has 1 amide bonds. The summed E-state index contributed by atoms with van der Waals surface area (Å²) in [5, 5.41) is 10.1. The predicted molar refractivity (Wildman–Crippen MR) is 135 cm³/mol. The summed E-state index contributed by atoms with van der Waals surface area (Å²) >= 11 is 0. The summed E-state index contributed by atoms with van der Waals surface area (Å²) in [6, 6.07) is 18.4. The Hall–Kier alpha value is -4.15. The number of piperidine rings is 1. The molecule has 2 saturated heterocycles. The number of benzene rings is 3. The standard InChI is InChI=1S/C29H24FN5O/c30-27-10-17(1-3-20(27)14-31)26-9-19(29(36)35-23-6-7-24(35)13-22(32)12-23)5-8-25(26)18-2-4-21-15-33-16-34-28(21)11-18/h1-5,8-11,15-16,22-24H,6-7,12-13,32H2/t22?,23-,24+. The van der Waals surface area contributed by atoms with Gasteiger partial charge in [-0.15, -0.1) is 0 Å². The third-order valence-electron chi connectivity index (χ3n) is 7.49. The van der Waals surface area contributed by atoms with Gasteiger partial charge in [0.2, 0.25) is 0 Å². The predicted octanol–water partition coefficient (Wildman–Crippen LogP) is 5.07. The molecule has 0 spiro atoms. The van der Waals surface area contributed by atoms with Crippen molar-refractivity contribution >= 4 is 16.8 Å². The zero-order chi connectivity index (χ0) is 24.8. The molecule has 1 aromatic heterocycles. The maximum absolute atomic E-state index is 14.6. The molecule has 3 aromatic carbocycles. The van der Waals surface area contributed by atoms with Crippen molar-refractivity contribution in [2.24, 2.45) is 5.73 Å². The number of nitrogens with two attached hydrogens (primary N) is 1. The van der Waals surface area contributed by atoms with E-state index in [4.69, 9.17) is 5.73 Å². The van der Waals surface area contributed by atoms with Crippen molar-refractivity contribution in [3.63, 3.8) is 0 Å². The maximum atomic E-state index is 14.6. The lowest BCUT2D eigenvalue weighted by atomic mass is 9.91. The number of hydrogen-bond acceptors (Lipinski definition) is 5. The van der Waals surface area contributed by atoms with Crippen LogP contribution in [0.25, 0.3) is 33.2 Å². The topological polar surface area (TPSA) is 95.9 Å². The van der Waals surface area contributed by atoms with Crippen LogP contribution in [0.15, 0.2) is 67.1 Å². The molecular weight excluding hydrogens is 453 g/mol. The third-order valence-corrected chi connectivity index (χ3v) is 7.49. The molecule has 0 radical (unpaired) electrons. The summed E-state index contributed by atoms with van der Waals surface area (Å²) in [5.74, 6) is -0.602. The lowest BCUT2D eigenvalue weighted by molar-refractivity contribution is 0.0575. The molecule has 6 rings (SSSR count). The molecule has 2 N–H and O–H groups in total. The van der Waals surface area contributed by atoms with Gasteiger partial charge in [-0.3, -0.25) is 4.79 Å². The summed E-state index contributed by atoms with van der Waals surface area (Å²) in [4.78, 5) is 24.1. The Bertz CT molecular complexity index is 1530. The fourth-order valence-electron chi connectivity index (χ4n) is 5.78. The highest BCUT2D eigenvalue weighted by Gasteiger charge is 2.42. The molecule has 0 aliphatic carbocycles. The Morgan fingerprint density at radius 1 is 1.00 bits per heavy atom. The van der Waals surface area contributed by atoms with Gasteiger partial charge in [0.15, 0.2) is 0 Å². The number of amides is 1. The van der Waals surface area contributed by atoms with Gasteiger partial charge in [-0.2, -0.15) is 5.26 Å². The van der Waals surface area contributed by atoms with Gasteiger partial charge in [0.1, 0.15) is 18.2 Å². The normalized spacial score (nSPS) is 20.9. The van der Waals surface area contributed by atoms with Crippen molar-refractivity contribution in [1.29, 1.82) is 5.26 Å². The number of nitrogens with zero attached hydrogens (tertiary/aromatic N) is 4. The van der Waals surface area contributed by atoms with Crippen molar-refractivity contribution in [1.82, 2.24) is 14.9 Å². The van der Waals surface area contributed by atoms with E-state index in [1.54, 1.807) is 12.3 Å². The highest BCUT2D eigenvalue weighted by Crippen LogP contribution is 2.39. The number of halogens is 1. The minimum Gasteiger partial charge on any atom is -0.333 e. The summed E-state index contributed by atoms with van der Waals surface area (Å²) in [6.45, 7) is 0. The number of hydrogen-bond donors (Lipinski definition) is 1. The van der Waals surface area contributed by atoms with Crippen LogP contribution in [0.4, 0.5) is 4.39 Å². The molecule has 2 aliphatic rings. The van der Waals surface area contributed by atoms with Gasteiger partial charge in [0, 0.05) is 35.3 Å². The molecule has 7 heteroatoms. The average molecular weight is 478 g/mol. The van der Waals surface area contributed by atoms with E-state index in [9.17, 15) is 14.4 Å². The highest BCUT2D eigenvalue weighted by atomic mass is 19.1. The Kier molecular flexibility index (Phi) is 5.46. The first-order valence-electron chi connectivity index (χ1n) is 12.1.